The van der Waals surface area contributed by atoms with Crippen molar-refractivity contribution < 1.29 is 17.1 Å². The Morgan fingerprint density at radius 1 is 1.00 bits per heavy atom. The molecule has 0 bridgehead atoms. The molecule has 4 heteroatoms. The van der Waals surface area contributed by atoms with Crippen molar-refractivity contribution in [1.82, 2.24) is 0 Å². The molecule has 0 atom stereocenters. The molecule has 0 fully saturated rings. The first-order valence-corrected chi connectivity index (χ1v) is 0. The molecule has 0 rings (SSSR count). The van der Waals surface area contributed by atoms with E-state index >= 15 is 0 Å². The van der Waals surface area contributed by atoms with Crippen LogP contribution in [0, 0.1) is 0 Å². The maximum absolute atomic E-state index is 0. The van der Waals surface area contributed by atoms with Gasteiger partial charge >= 0.3 is 0 Å². The maximum atomic E-state index is 0. The van der Waals surface area contributed by atoms with E-state index in [1.807, 2.05) is 0 Å². The van der Waals surface area contributed by atoms with Gasteiger partial charge in [-0.05, 0) is 0 Å². The molecule has 4 heavy (non-hydrogen) atoms. The van der Waals surface area contributed by atoms with Crippen molar-refractivity contribution in [2.75, 3.05) is 0 Å². The van der Waals surface area contributed by atoms with E-state index in [1.165, 1.54) is 0 Å². The standard InChI is InChI=1S/Ca.Fe.Mg.Si. The van der Waals surface area contributed by atoms with Crippen molar-refractivity contribution in [3.05, 3.63) is 0 Å². The third kappa shape index (κ3) is 8.83. The quantitative estimate of drug-likeness (QED) is 0.381. The van der Waals surface area contributed by atoms with Gasteiger partial charge < -0.3 is 0 Å². The number of hydrogen-bond acceptors (Lipinski definition) is 0. The van der Waals surface area contributed by atoms with E-state index in [0.29, 0.717) is 0 Å². The molecular formula is CaFeMgSi. The van der Waals surface area contributed by atoms with Crippen molar-refractivity contribution in [3.8, 4) is 0 Å². The molecule has 0 aromatic rings. The second-order valence-corrected chi connectivity index (χ2v) is 0. The molecular weight excluding hydrogens is 148 g/mol. The van der Waals surface area contributed by atoms with E-state index in [4.69, 9.17) is 0 Å². The van der Waals surface area contributed by atoms with Crippen LogP contribution in [0.3, 0.4) is 0 Å². The normalized spacial score (nSPS) is 0. The zero-order chi connectivity index (χ0) is 0. The Hall–Kier alpha value is 2.76. The summed E-state index contributed by atoms with van der Waals surface area (Å²) in [6, 6.07) is 0. The third-order valence-electron chi connectivity index (χ3n) is 0. The smallest absolute Gasteiger partial charge is 0 e. The summed E-state index contributed by atoms with van der Waals surface area (Å²) < 4.78 is 0. The van der Waals surface area contributed by atoms with Crippen LogP contribution in [0.2, 0.25) is 0 Å². The van der Waals surface area contributed by atoms with Gasteiger partial charge in [-0.15, -0.1) is 0 Å². The molecule has 0 spiro atoms. The fourth-order valence-corrected chi connectivity index (χ4v) is 0. The zero-order valence-electron chi connectivity index (χ0n) is 2.27. The van der Waals surface area contributed by atoms with Crippen LogP contribution in [-0.4, -0.2) is 71.8 Å². The van der Waals surface area contributed by atoms with E-state index in [0.717, 1.165) is 0 Å². The first kappa shape index (κ1) is 29.4. The van der Waals surface area contributed by atoms with Crippen LogP contribution in [-0.2, 0) is 17.1 Å². The molecule has 16 valence electrons. The van der Waals surface area contributed by atoms with Gasteiger partial charge in [0.25, 0.3) is 0 Å². The Kier molecular flexibility index (Phi) is 126. The largest absolute Gasteiger partial charge is 0 e. The molecule has 0 aliphatic heterocycles. The van der Waals surface area contributed by atoms with Crippen molar-refractivity contribution in [3.63, 3.8) is 0 Å². The minimum Gasteiger partial charge on any atom is 0 e. The second kappa shape index (κ2) is 17.1. The Morgan fingerprint density at radius 3 is 1.00 bits per heavy atom. The van der Waals surface area contributed by atoms with E-state index in [-0.39, 0.29) is 88.8 Å². The van der Waals surface area contributed by atoms with Gasteiger partial charge in [0.2, 0.25) is 0 Å². The molecule has 0 aliphatic carbocycles. The SMILES string of the molecule is [Ca].[Fe].[Mg].[Si]. The van der Waals surface area contributed by atoms with E-state index in [1.54, 1.807) is 0 Å². The van der Waals surface area contributed by atoms with Gasteiger partial charge in [-0.3, -0.25) is 0 Å². The van der Waals surface area contributed by atoms with Gasteiger partial charge in [0.05, 0.1) is 0 Å². The summed E-state index contributed by atoms with van der Waals surface area (Å²) in [4.78, 5) is 0. The molecule has 0 aromatic heterocycles. The van der Waals surface area contributed by atoms with E-state index in [9.17, 15) is 0 Å². The topological polar surface area (TPSA) is 0 Å². The minimum absolute atomic E-state index is 0. The average molecular weight is 148 g/mol. The average Bonchev–Trinajstić information content (AvgIpc) is 0. The predicted molar refractivity (Wildman–Crippen MR) is 17.3 cm³/mol. The fraction of sp³-hybridized carbons (Fsp3) is 0. The van der Waals surface area contributed by atoms with Crippen LogP contribution >= 0.6 is 0 Å². The summed E-state index contributed by atoms with van der Waals surface area (Å²) in [5.41, 5.74) is 0. The molecule has 0 heterocycles. The van der Waals surface area contributed by atoms with E-state index < -0.39 is 0 Å². The molecule has 0 aromatic carbocycles. The van der Waals surface area contributed by atoms with Crippen LogP contribution in [0.1, 0.15) is 0 Å². The molecule has 0 N–H and O–H groups in total. The van der Waals surface area contributed by atoms with Crippen molar-refractivity contribution in [2.24, 2.45) is 0 Å². The minimum atomic E-state index is 0. The van der Waals surface area contributed by atoms with Gasteiger partial charge in [0.15, 0.2) is 0 Å². The Balaban J connectivity index is 0. The van der Waals surface area contributed by atoms with Crippen LogP contribution in [0.15, 0.2) is 0 Å². The summed E-state index contributed by atoms with van der Waals surface area (Å²) in [7, 11) is 0. The number of hydrogen-bond donors (Lipinski definition) is 0. The van der Waals surface area contributed by atoms with Crippen LogP contribution in [0.25, 0.3) is 0 Å². The summed E-state index contributed by atoms with van der Waals surface area (Å²) in [6.07, 6.45) is 0. The summed E-state index contributed by atoms with van der Waals surface area (Å²) in [5.74, 6) is 0. The molecule has 0 amide bonds. The zero-order valence-corrected chi connectivity index (χ0v) is 7.99. The van der Waals surface area contributed by atoms with Gasteiger partial charge in [0.1, 0.15) is 0 Å². The van der Waals surface area contributed by atoms with E-state index in [2.05, 4.69) is 0 Å². The van der Waals surface area contributed by atoms with Crippen molar-refractivity contribution >= 4 is 71.8 Å². The Morgan fingerprint density at radius 2 is 1.00 bits per heavy atom. The van der Waals surface area contributed by atoms with Gasteiger partial charge in [-0.1, -0.05) is 0 Å². The first-order chi connectivity index (χ1) is 0. The summed E-state index contributed by atoms with van der Waals surface area (Å²) >= 11 is 0. The molecule has 0 saturated carbocycles. The van der Waals surface area contributed by atoms with Gasteiger partial charge in [-0.25, -0.2) is 0 Å². The van der Waals surface area contributed by atoms with Crippen molar-refractivity contribution in [1.29, 1.82) is 0 Å². The summed E-state index contributed by atoms with van der Waals surface area (Å²) in [5, 5.41) is 0. The van der Waals surface area contributed by atoms with Gasteiger partial charge in [0, 0.05) is 88.8 Å². The third-order valence-corrected chi connectivity index (χ3v) is 0. The second-order valence-electron chi connectivity index (χ2n) is 0. The monoisotopic (exact) mass is 148 g/mol. The summed E-state index contributed by atoms with van der Waals surface area (Å²) in [6.45, 7) is 0. The van der Waals surface area contributed by atoms with Crippen LogP contribution in [0.5, 0.6) is 0 Å². The van der Waals surface area contributed by atoms with Crippen LogP contribution < -0.4 is 0 Å². The predicted octanol–water partition coefficient (Wildman–Crippen LogP) is -1.14. The molecule has 8 radical (unpaired) electrons. The molecule has 0 unspecified atom stereocenters. The fourth-order valence-electron chi connectivity index (χ4n) is 0. The number of rotatable bonds is 0. The maximum Gasteiger partial charge on any atom is 0 e. The molecule has 0 aliphatic rings. The Labute approximate surface area is 87.1 Å². The Bertz CT molecular complexity index is 8.00. The van der Waals surface area contributed by atoms with Gasteiger partial charge in [-0.2, -0.15) is 0 Å². The molecule has 0 nitrogen and oxygen atoms in total. The molecule has 0 saturated heterocycles. The first-order valence-electron chi connectivity index (χ1n) is 0. The van der Waals surface area contributed by atoms with Crippen molar-refractivity contribution in [2.45, 2.75) is 0 Å². The van der Waals surface area contributed by atoms with Crippen LogP contribution in [0.4, 0.5) is 0 Å².